The SMILES string of the molecule is CC(C)c1ccc(P(=[Se])(C2CCCCC2)C2CCCCC2)cc1. The Kier molecular flexibility index (Phi) is 6.28. The molecule has 0 aliphatic heterocycles. The first kappa shape index (κ1) is 18.0. The topological polar surface area (TPSA) is 0 Å². The van der Waals surface area contributed by atoms with Crippen molar-refractivity contribution < 1.29 is 0 Å². The van der Waals surface area contributed by atoms with Gasteiger partial charge in [0.2, 0.25) is 0 Å². The van der Waals surface area contributed by atoms with Crippen LogP contribution in [0, 0.1) is 0 Å². The summed E-state index contributed by atoms with van der Waals surface area (Å²) in [4.78, 5) is 0. The van der Waals surface area contributed by atoms with Gasteiger partial charge in [-0.2, -0.15) is 0 Å². The summed E-state index contributed by atoms with van der Waals surface area (Å²) in [6.45, 7) is 4.61. The van der Waals surface area contributed by atoms with Gasteiger partial charge in [0.15, 0.2) is 0 Å². The molecule has 0 heterocycles. The summed E-state index contributed by atoms with van der Waals surface area (Å²) in [7, 11) is 0. The third kappa shape index (κ3) is 3.89. The molecule has 0 N–H and O–H groups in total. The van der Waals surface area contributed by atoms with Crippen molar-refractivity contribution >= 4 is 25.9 Å². The molecule has 0 atom stereocenters. The van der Waals surface area contributed by atoms with Gasteiger partial charge in [0.05, 0.1) is 0 Å². The van der Waals surface area contributed by atoms with Crippen molar-refractivity contribution in [1.82, 2.24) is 0 Å². The van der Waals surface area contributed by atoms with Crippen molar-refractivity contribution in [2.24, 2.45) is 0 Å². The van der Waals surface area contributed by atoms with Crippen molar-refractivity contribution in [3.05, 3.63) is 29.8 Å². The fourth-order valence-electron chi connectivity index (χ4n) is 4.74. The molecular weight excluding hydrogens is 362 g/mol. The van der Waals surface area contributed by atoms with E-state index in [-0.39, 0.29) is 0 Å². The van der Waals surface area contributed by atoms with E-state index in [2.05, 4.69) is 53.2 Å². The molecule has 23 heavy (non-hydrogen) atoms. The molecule has 2 heteroatoms. The van der Waals surface area contributed by atoms with Crippen LogP contribution < -0.4 is 5.30 Å². The van der Waals surface area contributed by atoms with Gasteiger partial charge in [0.25, 0.3) is 0 Å². The maximum atomic E-state index is 3.91. The molecule has 2 aliphatic rings. The Balaban J connectivity index is 1.94. The molecule has 0 saturated heterocycles. The van der Waals surface area contributed by atoms with E-state index in [1.807, 2.05) is 0 Å². The summed E-state index contributed by atoms with van der Waals surface area (Å²) < 4.78 is 0. The molecule has 128 valence electrons. The van der Waals surface area contributed by atoms with Crippen molar-refractivity contribution in [2.75, 3.05) is 0 Å². The van der Waals surface area contributed by atoms with Gasteiger partial charge < -0.3 is 0 Å². The van der Waals surface area contributed by atoms with Gasteiger partial charge >= 0.3 is 151 Å². The Morgan fingerprint density at radius 1 is 0.783 bits per heavy atom. The van der Waals surface area contributed by atoms with Crippen molar-refractivity contribution in [2.45, 2.75) is 95.3 Å². The van der Waals surface area contributed by atoms with Crippen LogP contribution in [0.25, 0.3) is 0 Å². The summed E-state index contributed by atoms with van der Waals surface area (Å²) in [5, 5.41) is 1.70. The summed E-state index contributed by atoms with van der Waals surface area (Å²) in [5.74, 6) is 0.641. The number of hydrogen-bond acceptors (Lipinski definition) is 0. The van der Waals surface area contributed by atoms with Crippen LogP contribution in [0.3, 0.4) is 0 Å². The fraction of sp³-hybridized carbons (Fsp3) is 0.714. The van der Waals surface area contributed by atoms with E-state index < -0.39 is 5.51 Å². The molecule has 1 aromatic carbocycles. The van der Waals surface area contributed by atoms with Gasteiger partial charge in [-0.05, 0) is 0 Å². The van der Waals surface area contributed by atoms with Gasteiger partial charge in [-0.15, -0.1) is 0 Å². The third-order valence-corrected chi connectivity index (χ3v) is 15.6. The average Bonchev–Trinajstić information content (AvgIpc) is 2.62. The first-order valence-corrected chi connectivity index (χ1v) is 14.0. The maximum absolute atomic E-state index is 3.91. The molecule has 0 radical (unpaired) electrons. The van der Waals surface area contributed by atoms with Crippen LogP contribution in [0.1, 0.15) is 89.5 Å². The second kappa shape index (κ2) is 8.03. The van der Waals surface area contributed by atoms with E-state index >= 15 is 0 Å². The average molecular weight is 395 g/mol. The minimum atomic E-state index is -1.15. The molecule has 0 unspecified atom stereocenters. The summed E-state index contributed by atoms with van der Waals surface area (Å²) in [6.07, 6.45) is 14.7. The quantitative estimate of drug-likeness (QED) is 0.420. The predicted molar refractivity (Wildman–Crippen MR) is 107 cm³/mol. The second-order valence-corrected chi connectivity index (χ2v) is 15.2. The van der Waals surface area contributed by atoms with Crippen LogP contribution in [0.5, 0.6) is 0 Å². The molecule has 0 nitrogen and oxygen atoms in total. The first-order chi connectivity index (χ1) is 11.1. The van der Waals surface area contributed by atoms with Crippen LogP contribution >= 0.6 is 5.51 Å². The van der Waals surface area contributed by atoms with E-state index in [1.54, 1.807) is 5.30 Å². The molecule has 2 fully saturated rings. The van der Waals surface area contributed by atoms with Crippen LogP contribution in [-0.2, 0) is 0 Å². The molecule has 2 saturated carbocycles. The van der Waals surface area contributed by atoms with Gasteiger partial charge in [0.1, 0.15) is 0 Å². The van der Waals surface area contributed by atoms with Gasteiger partial charge in [-0.1, -0.05) is 0 Å². The summed E-state index contributed by atoms with van der Waals surface area (Å²) >= 11 is 3.91. The minimum absolute atomic E-state index is 0.641. The molecule has 0 spiro atoms. The Morgan fingerprint density at radius 2 is 1.22 bits per heavy atom. The van der Waals surface area contributed by atoms with E-state index in [0.29, 0.717) is 5.92 Å². The first-order valence-electron chi connectivity index (χ1n) is 9.82. The summed E-state index contributed by atoms with van der Waals surface area (Å²) in [6, 6.07) is 9.83. The number of rotatable bonds is 4. The standard InChI is InChI=1S/C21H33PSe/c1-17(2)18-13-15-21(16-14-18)22(23,19-9-5-3-6-10-19)20-11-7-4-8-12-20/h13-17,19-20H,3-12H2,1-2H3. The zero-order chi connectivity index (χ0) is 16.3. The fourth-order valence-corrected chi connectivity index (χ4v) is 12.5. The summed E-state index contributed by atoms with van der Waals surface area (Å²) in [5.41, 5.74) is 2.27. The number of hydrogen-bond donors (Lipinski definition) is 0. The van der Waals surface area contributed by atoms with Crippen molar-refractivity contribution in [3.63, 3.8) is 0 Å². The van der Waals surface area contributed by atoms with E-state index in [9.17, 15) is 0 Å². The Hall–Kier alpha value is 0.169. The van der Waals surface area contributed by atoms with Gasteiger partial charge in [0, 0.05) is 0 Å². The van der Waals surface area contributed by atoms with Gasteiger partial charge in [-0.25, -0.2) is 0 Å². The zero-order valence-electron chi connectivity index (χ0n) is 15.0. The van der Waals surface area contributed by atoms with E-state index in [4.69, 9.17) is 0 Å². The van der Waals surface area contributed by atoms with Crippen LogP contribution in [0.4, 0.5) is 0 Å². The zero-order valence-corrected chi connectivity index (χ0v) is 17.6. The number of benzene rings is 1. The van der Waals surface area contributed by atoms with E-state index in [0.717, 1.165) is 11.3 Å². The van der Waals surface area contributed by atoms with E-state index in [1.165, 1.54) is 69.8 Å². The van der Waals surface area contributed by atoms with Crippen molar-refractivity contribution in [1.29, 1.82) is 0 Å². The molecule has 0 bridgehead atoms. The third-order valence-electron chi connectivity index (χ3n) is 6.20. The van der Waals surface area contributed by atoms with Gasteiger partial charge in [-0.3, -0.25) is 0 Å². The van der Waals surface area contributed by atoms with Crippen LogP contribution in [0.2, 0.25) is 0 Å². The van der Waals surface area contributed by atoms with Crippen molar-refractivity contribution in [3.8, 4) is 0 Å². The molecule has 2 aliphatic carbocycles. The molecular formula is C21H33PSe. The van der Waals surface area contributed by atoms with Crippen LogP contribution in [-0.4, -0.2) is 26.4 Å². The molecule has 0 amide bonds. The normalized spacial score (nSPS) is 21.7. The molecule has 1 aromatic rings. The Labute approximate surface area is 151 Å². The Morgan fingerprint density at radius 3 is 1.61 bits per heavy atom. The Bertz CT molecular complexity index is 511. The predicted octanol–water partition coefficient (Wildman–Crippen LogP) is 6.20. The van der Waals surface area contributed by atoms with Crippen LogP contribution in [0.15, 0.2) is 24.3 Å². The monoisotopic (exact) mass is 396 g/mol. The molecule has 0 aromatic heterocycles. The second-order valence-electron chi connectivity index (χ2n) is 8.04. The molecule has 3 rings (SSSR count).